The second-order valence-electron chi connectivity index (χ2n) is 3.06. The number of allylic oxidation sites excluding steroid dienone is 1. The quantitative estimate of drug-likeness (QED) is 0.521. The molecule has 1 aromatic carbocycles. The second-order valence-corrected chi connectivity index (χ2v) is 3.06. The highest BCUT2D eigenvalue weighted by atomic mass is 35.5. The van der Waals surface area contributed by atoms with Crippen LogP contribution in [0.4, 0.5) is 5.69 Å². The molecule has 0 N–H and O–H groups in total. The summed E-state index contributed by atoms with van der Waals surface area (Å²) in [7, 11) is 0. The van der Waals surface area contributed by atoms with E-state index < -0.39 is 0 Å². The van der Waals surface area contributed by atoms with Crippen LogP contribution in [0.15, 0.2) is 34.8 Å². The summed E-state index contributed by atoms with van der Waals surface area (Å²) in [4.78, 5) is 3.96. The molecule has 0 aliphatic heterocycles. The SMILES string of the molecule is C=Nc1ccccc1/C=C(\C)CC.CCl. The lowest BCUT2D eigenvalue weighted by Crippen LogP contribution is -1.76. The Bertz CT molecular complexity index is 329. The van der Waals surface area contributed by atoms with Crippen LogP contribution in [0.1, 0.15) is 25.8 Å². The summed E-state index contributed by atoms with van der Waals surface area (Å²) in [5.74, 6) is 0. The molecule has 0 aromatic heterocycles. The lowest BCUT2D eigenvalue weighted by atomic mass is 10.1. The van der Waals surface area contributed by atoms with Gasteiger partial charge in [0.05, 0.1) is 5.69 Å². The minimum Gasteiger partial charge on any atom is -0.264 e. The van der Waals surface area contributed by atoms with Crippen LogP contribution in [0.2, 0.25) is 0 Å². The third-order valence-electron chi connectivity index (χ3n) is 2.07. The molecule has 0 bridgehead atoms. The maximum Gasteiger partial charge on any atom is 0.0694 e. The first-order chi connectivity index (χ1) is 7.27. The molecule has 0 unspecified atom stereocenters. The zero-order chi connectivity index (χ0) is 11.7. The van der Waals surface area contributed by atoms with E-state index in [0.29, 0.717) is 0 Å². The molecule has 82 valence electrons. The van der Waals surface area contributed by atoms with Crippen molar-refractivity contribution in [3.63, 3.8) is 0 Å². The van der Waals surface area contributed by atoms with E-state index in [9.17, 15) is 0 Å². The van der Waals surface area contributed by atoms with Gasteiger partial charge in [0.1, 0.15) is 0 Å². The lowest BCUT2D eigenvalue weighted by Gasteiger charge is -2.00. The van der Waals surface area contributed by atoms with E-state index in [2.05, 4.69) is 49.3 Å². The summed E-state index contributed by atoms with van der Waals surface area (Å²) >= 11 is 4.64. The molecule has 0 aliphatic rings. The van der Waals surface area contributed by atoms with Gasteiger partial charge in [0.2, 0.25) is 0 Å². The Morgan fingerprint density at radius 3 is 2.53 bits per heavy atom. The Morgan fingerprint density at radius 1 is 1.40 bits per heavy atom. The Kier molecular flexibility index (Phi) is 7.65. The van der Waals surface area contributed by atoms with Crippen molar-refractivity contribution in [3.8, 4) is 0 Å². The van der Waals surface area contributed by atoms with Crippen LogP contribution in [-0.4, -0.2) is 13.1 Å². The number of nitrogens with zero attached hydrogens (tertiary/aromatic N) is 1. The highest BCUT2D eigenvalue weighted by Crippen LogP contribution is 2.21. The zero-order valence-electron chi connectivity index (χ0n) is 9.63. The first-order valence-corrected chi connectivity index (χ1v) is 5.64. The van der Waals surface area contributed by atoms with Crippen LogP contribution in [0.5, 0.6) is 0 Å². The van der Waals surface area contributed by atoms with Gasteiger partial charge in [-0.25, -0.2) is 0 Å². The largest absolute Gasteiger partial charge is 0.264 e. The Hall–Kier alpha value is -1.08. The number of hydrogen-bond donors (Lipinski definition) is 0. The maximum atomic E-state index is 4.64. The normalized spacial score (nSPS) is 10.3. The molecular weight excluding hydrogens is 206 g/mol. The van der Waals surface area contributed by atoms with Crippen molar-refractivity contribution in [2.24, 2.45) is 4.99 Å². The van der Waals surface area contributed by atoms with Crippen LogP contribution in [0.3, 0.4) is 0 Å². The number of rotatable bonds is 3. The fourth-order valence-electron chi connectivity index (χ4n) is 1.12. The molecule has 0 fully saturated rings. The van der Waals surface area contributed by atoms with Crippen molar-refractivity contribution in [1.82, 2.24) is 0 Å². The highest BCUT2D eigenvalue weighted by Gasteiger charge is 1.95. The van der Waals surface area contributed by atoms with Gasteiger partial charge in [-0.05, 0) is 26.1 Å². The molecule has 1 aromatic rings. The van der Waals surface area contributed by atoms with Gasteiger partial charge in [-0.2, -0.15) is 0 Å². The van der Waals surface area contributed by atoms with Crippen molar-refractivity contribution in [1.29, 1.82) is 0 Å². The topological polar surface area (TPSA) is 12.4 Å². The average molecular weight is 224 g/mol. The molecule has 1 nitrogen and oxygen atoms in total. The minimum atomic E-state index is 0.954. The molecule has 1 rings (SSSR count). The van der Waals surface area contributed by atoms with E-state index in [1.54, 1.807) is 0 Å². The number of benzene rings is 1. The van der Waals surface area contributed by atoms with E-state index in [4.69, 9.17) is 0 Å². The number of alkyl halides is 1. The van der Waals surface area contributed by atoms with E-state index in [1.807, 2.05) is 18.2 Å². The van der Waals surface area contributed by atoms with Crippen LogP contribution >= 0.6 is 11.6 Å². The second kappa shape index (κ2) is 8.25. The van der Waals surface area contributed by atoms with Gasteiger partial charge in [0.15, 0.2) is 0 Å². The molecule has 0 radical (unpaired) electrons. The van der Waals surface area contributed by atoms with Crippen molar-refractivity contribution in [3.05, 3.63) is 35.4 Å². The van der Waals surface area contributed by atoms with E-state index in [-0.39, 0.29) is 0 Å². The predicted molar refractivity (Wildman–Crippen MR) is 71.4 cm³/mol. The van der Waals surface area contributed by atoms with Gasteiger partial charge >= 0.3 is 0 Å². The van der Waals surface area contributed by atoms with Crippen molar-refractivity contribution >= 4 is 30.1 Å². The molecule has 15 heavy (non-hydrogen) atoms. The van der Waals surface area contributed by atoms with Gasteiger partial charge in [-0.3, -0.25) is 4.99 Å². The van der Waals surface area contributed by atoms with Crippen LogP contribution < -0.4 is 0 Å². The van der Waals surface area contributed by atoms with Crippen molar-refractivity contribution < 1.29 is 0 Å². The van der Waals surface area contributed by atoms with Gasteiger partial charge < -0.3 is 0 Å². The number of hydrogen-bond acceptors (Lipinski definition) is 1. The van der Waals surface area contributed by atoms with Gasteiger partial charge in [0, 0.05) is 11.9 Å². The molecule has 0 spiro atoms. The van der Waals surface area contributed by atoms with E-state index in [1.165, 1.54) is 12.0 Å². The molecule has 2 heteroatoms. The summed E-state index contributed by atoms with van der Waals surface area (Å²) in [5, 5.41) is 0. The standard InChI is InChI=1S/C12H15N.CH3Cl/c1-4-10(2)9-11-7-5-6-8-12(11)13-3;1-2/h5-9H,3-4H2,1-2H3;1H3/b10-9+;. The Balaban J connectivity index is 0.000000921. The summed E-state index contributed by atoms with van der Waals surface area (Å²) in [6.45, 7) is 7.82. The molecule has 0 atom stereocenters. The third kappa shape index (κ3) is 4.80. The Morgan fingerprint density at radius 2 is 2.00 bits per heavy atom. The summed E-state index contributed by atoms with van der Waals surface area (Å²) in [6, 6.07) is 8.02. The van der Waals surface area contributed by atoms with Gasteiger partial charge in [-0.1, -0.05) is 36.8 Å². The van der Waals surface area contributed by atoms with Crippen molar-refractivity contribution in [2.45, 2.75) is 20.3 Å². The number of halogens is 1. The lowest BCUT2D eigenvalue weighted by molar-refractivity contribution is 1.11. The minimum absolute atomic E-state index is 0.954. The summed E-state index contributed by atoms with van der Waals surface area (Å²) in [5.41, 5.74) is 3.46. The highest BCUT2D eigenvalue weighted by molar-refractivity contribution is 6.15. The molecule has 0 saturated heterocycles. The molecule has 0 heterocycles. The van der Waals surface area contributed by atoms with Crippen LogP contribution in [0.25, 0.3) is 6.08 Å². The first kappa shape index (κ1) is 13.9. The van der Waals surface area contributed by atoms with E-state index in [0.717, 1.165) is 17.7 Å². The van der Waals surface area contributed by atoms with Gasteiger partial charge in [-0.15, -0.1) is 11.6 Å². The Labute approximate surface area is 97.5 Å². The zero-order valence-corrected chi connectivity index (χ0v) is 10.4. The summed E-state index contributed by atoms with van der Waals surface area (Å²) in [6.07, 6.45) is 4.70. The number of para-hydroxylation sites is 1. The molecule has 0 saturated carbocycles. The molecular formula is C13H18ClN. The number of aliphatic imine (C=N–C) groups is 1. The predicted octanol–water partition coefficient (Wildman–Crippen LogP) is 4.69. The maximum absolute atomic E-state index is 4.64. The fourth-order valence-corrected chi connectivity index (χ4v) is 1.12. The first-order valence-electron chi connectivity index (χ1n) is 4.88. The van der Waals surface area contributed by atoms with Gasteiger partial charge in [0.25, 0.3) is 0 Å². The van der Waals surface area contributed by atoms with Crippen LogP contribution in [-0.2, 0) is 0 Å². The third-order valence-corrected chi connectivity index (χ3v) is 2.07. The van der Waals surface area contributed by atoms with Crippen LogP contribution in [0, 0.1) is 0 Å². The molecule has 0 amide bonds. The fraction of sp³-hybridized carbons (Fsp3) is 0.308. The van der Waals surface area contributed by atoms with E-state index >= 15 is 0 Å². The smallest absolute Gasteiger partial charge is 0.0694 e. The summed E-state index contributed by atoms with van der Waals surface area (Å²) < 4.78 is 0. The molecule has 0 aliphatic carbocycles. The average Bonchev–Trinajstić information content (AvgIpc) is 2.32. The van der Waals surface area contributed by atoms with Crippen molar-refractivity contribution in [2.75, 3.05) is 6.38 Å². The monoisotopic (exact) mass is 223 g/mol.